The van der Waals surface area contributed by atoms with Crippen LogP contribution in [-0.2, 0) is 14.8 Å². The van der Waals surface area contributed by atoms with Crippen molar-refractivity contribution < 1.29 is 17.7 Å². The number of rotatable bonds is 5. The van der Waals surface area contributed by atoms with Crippen LogP contribution in [0, 0.1) is 12.8 Å². The van der Waals surface area contributed by atoms with E-state index >= 15 is 0 Å². The van der Waals surface area contributed by atoms with Gasteiger partial charge in [-0.1, -0.05) is 19.0 Å². The molecular formula is C21H31N5O4S2. The molecule has 0 aromatic carbocycles. The van der Waals surface area contributed by atoms with Crippen LogP contribution < -0.4 is 0 Å². The fourth-order valence-corrected chi connectivity index (χ4v) is 7.20. The Hall–Kier alpha value is -1.82. The number of piperidine rings is 1. The fourth-order valence-electron chi connectivity index (χ4n) is 4.19. The highest BCUT2D eigenvalue weighted by atomic mass is 32.2. The average Bonchev–Trinajstić information content (AvgIpc) is 3.41. The van der Waals surface area contributed by atoms with E-state index < -0.39 is 10.0 Å². The predicted molar refractivity (Wildman–Crippen MR) is 122 cm³/mol. The lowest BCUT2D eigenvalue weighted by Gasteiger charge is -2.37. The minimum absolute atomic E-state index is 0.0775. The molecule has 9 nitrogen and oxygen atoms in total. The second-order valence-corrected chi connectivity index (χ2v) is 12.1. The Morgan fingerprint density at radius 1 is 1.22 bits per heavy atom. The molecule has 0 bridgehead atoms. The summed E-state index contributed by atoms with van der Waals surface area (Å²) in [5.41, 5.74) is 0. The zero-order valence-corrected chi connectivity index (χ0v) is 20.7. The van der Waals surface area contributed by atoms with Gasteiger partial charge in [0.15, 0.2) is 0 Å². The summed E-state index contributed by atoms with van der Waals surface area (Å²) >= 11 is 1.34. The number of amides is 1. The molecule has 2 aromatic heterocycles. The van der Waals surface area contributed by atoms with Gasteiger partial charge in [0.2, 0.25) is 27.6 Å². The van der Waals surface area contributed by atoms with E-state index in [1.165, 1.54) is 15.6 Å². The molecule has 1 amide bonds. The predicted octanol–water partition coefficient (Wildman–Crippen LogP) is 2.40. The van der Waals surface area contributed by atoms with E-state index in [1.54, 1.807) is 13.0 Å². The SMILES string of the molecule is Cc1sc(-c2noc(C(C)C)n2)cc1S(=O)(=O)N1CCCC(C(=O)N2CCN(C)CC2)C1. The molecule has 11 heteroatoms. The second kappa shape index (κ2) is 9.20. The monoisotopic (exact) mass is 481 g/mol. The van der Waals surface area contributed by atoms with Gasteiger partial charge in [-0.25, -0.2) is 8.42 Å². The van der Waals surface area contributed by atoms with Crippen molar-refractivity contribution in [1.29, 1.82) is 0 Å². The molecular weight excluding hydrogens is 450 g/mol. The van der Waals surface area contributed by atoms with Gasteiger partial charge in [-0.3, -0.25) is 4.79 Å². The number of likely N-dealkylation sites (N-methyl/N-ethyl adjacent to an activating group) is 1. The molecule has 0 spiro atoms. The molecule has 2 aliphatic rings. The van der Waals surface area contributed by atoms with Crippen LogP contribution in [0.3, 0.4) is 0 Å². The normalized spacial score (nSPS) is 21.4. The molecule has 2 fully saturated rings. The number of thiophene rings is 1. The van der Waals surface area contributed by atoms with Crippen LogP contribution in [0.1, 0.15) is 43.4 Å². The van der Waals surface area contributed by atoms with Gasteiger partial charge < -0.3 is 14.3 Å². The molecule has 4 rings (SSSR count). The van der Waals surface area contributed by atoms with E-state index in [2.05, 4.69) is 15.0 Å². The first-order chi connectivity index (χ1) is 15.2. The standard InChI is InChI=1S/C21H31N5O4S2/c1-14(2)20-22-19(23-30-20)17-12-18(15(3)31-17)32(28,29)26-7-5-6-16(13-26)21(27)25-10-8-24(4)9-11-25/h12,14,16H,5-11,13H2,1-4H3. The summed E-state index contributed by atoms with van der Waals surface area (Å²) in [6.07, 6.45) is 1.41. The number of aromatic nitrogens is 2. The Labute approximate surface area is 193 Å². The molecule has 0 N–H and O–H groups in total. The topological polar surface area (TPSA) is 99.8 Å². The summed E-state index contributed by atoms with van der Waals surface area (Å²) in [4.78, 5) is 23.1. The van der Waals surface area contributed by atoms with Crippen molar-refractivity contribution in [3.8, 4) is 10.7 Å². The van der Waals surface area contributed by atoms with E-state index in [0.717, 1.165) is 19.5 Å². The molecule has 2 aliphatic heterocycles. The van der Waals surface area contributed by atoms with E-state index in [-0.39, 0.29) is 29.2 Å². The summed E-state index contributed by atoms with van der Waals surface area (Å²) < 4.78 is 33.7. The summed E-state index contributed by atoms with van der Waals surface area (Å²) in [6, 6.07) is 1.64. The number of carbonyl (C=O) groups is 1. The molecule has 2 aromatic rings. The quantitative estimate of drug-likeness (QED) is 0.646. The van der Waals surface area contributed by atoms with Crippen LogP contribution in [0.5, 0.6) is 0 Å². The summed E-state index contributed by atoms with van der Waals surface area (Å²) in [6.45, 7) is 9.49. The maximum absolute atomic E-state index is 13.5. The van der Waals surface area contributed by atoms with Crippen molar-refractivity contribution in [2.24, 2.45) is 5.92 Å². The highest BCUT2D eigenvalue weighted by Crippen LogP contribution is 2.35. The Bertz CT molecular complexity index is 1070. The molecule has 2 saturated heterocycles. The van der Waals surface area contributed by atoms with Gasteiger partial charge in [-0.05, 0) is 32.9 Å². The van der Waals surface area contributed by atoms with Crippen molar-refractivity contribution in [2.45, 2.75) is 44.4 Å². The number of nitrogens with zero attached hydrogens (tertiary/aromatic N) is 5. The molecule has 176 valence electrons. The third-order valence-electron chi connectivity index (χ3n) is 6.19. The minimum atomic E-state index is -3.72. The van der Waals surface area contributed by atoms with Crippen LogP contribution in [0.2, 0.25) is 0 Å². The smallest absolute Gasteiger partial charge is 0.244 e. The molecule has 32 heavy (non-hydrogen) atoms. The van der Waals surface area contributed by atoms with E-state index in [0.29, 0.717) is 47.5 Å². The Morgan fingerprint density at radius 2 is 1.94 bits per heavy atom. The van der Waals surface area contributed by atoms with Gasteiger partial charge in [-0.2, -0.15) is 9.29 Å². The van der Waals surface area contributed by atoms with Gasteiger partial charge in [0, 0.05) is 50.1 Å². The van der Waals surface area contributed by atoms with Crippen molar-refractivity contribution >= 4 is 27.3 Å². The van der Waals surface area contributed by atoms with Crippen molar-refractivity contribution in [1.82, 2.24) is 24.2 Å². The van der Waals surface area contributed by atoms with Gasteiger partial charge in [0.25, 0.3) is 0 Å². The van der Waals surface area contributed by atoms with Crippen LogP contribution in [0.4, 0.5) is 0 Å². The second-order valence-electron chi connectivity index (χ2n) is 8.97. The van der Waals surface area contributed by atoms with Gasteiger partial charge in [0.1, 0.15) is 0 Å². The molecule has 1 unspecified atom stereocenters. The number of aryl methyl sites for hydroxylation is 1. The highest BCUT2D eigenvalue weighted by Gasteiger charge is 2.37. The number of carbonyl (C=O) groups excluding carboxylic acids is 1. The Morgan fingerprint density at radius 3 is 2.59 bits per heavy atom. The zero-order chi connectivity index (χ0) is 23.0. The molecule has 4 heterocycles. The zero-order valence-electron chi connectivity index (χ0n) is 19.1. The molecule has 0 radical (unpaired) electrons. The summed E-state index contributed by atoms with van der Waals surface area (Å²) in [5, 5.41) is 4.01. The van der Waals surface area contributed by atoms with Gasteiger partial charge in [-0.15, -0.1) is 11.3 Å². The number of hydrogen-bond acceptors (Lipinski definition) is 8. The first kappa shape index (κ1) is 23.3. The number of piperazine rings is 1. The molecule has 0 saturated carbocycles. The van der Waals surface area contributed by atoms with E-state index in [4.69, 9.17) is 4.52 Å². The lowest BCUT2D eigenvalue weighted by atomic mass is 9.98. The van der Waals surface area contributed by atoms with Crippen molar-refractivity contribution in [3.63, 3.8) is 0 Å². The summed E-state index contributed by atoms with van der Waals surface area (Å²) in [7, 11) is -1.67. The lowest BCUT2D eigenvalue weighted by Crippen LogP contribution is -2.52. The Kier molecular flexibility index (Phi) is 6.71. The maximum Gasteiger partial charge on any atom is 0.244 e. The van der Waals surface area contributed by atoms with Gasteiger partial charge in [0.05, 0.1) is 15.7 Å². The summed E-state index contributed by atoms with van der Waals surface area (Å²) in [5.74, 6) is 0.824. The molecule has 1 atom stereocenters. The lowest BCUT2D eigenvalue weighted by molar-refractivity contribution is -0.138. The third kappa shape index (κ3) is 4.61. The van der Waals surface area contributed by atoms with Crippen molar-refractivity contribution in [2.75, 3.05) is 46.3 Å². The third-order valence-corrected chi connectivity index (χ3v) is 9.36. The molecule has 0 aliphatic carbocycles. The number of sulfonamides is 1. The fraction of sp³-hybridized carbons (Fsp3) is 0.667. The van der Waals surface area contributed by atoms with Gasteiger partial charge >= 0.3 is 0 Å². The minimum Gasteiger partial charge on any atom is -0.340 e. The first-order valence-corrected chi connectivity index (χ1v) is 13.3. The average molecular weight is 482 g/mol. The maximum atomic E-state index is 13.5. The first-order valence-electron chi connectivity index (χ1n) is 11.1. The van der Waals surface area contributed by atoms with Crippen LogP contribution in [0.15, 0.2) is 15.5 Å². The Balaban J connectivity index is 1.51. The number of hydrogen-bond donors (Lipinski definition) is 0. The highest BCUT2D eigenvalue weighted by molar-refractivity contribution is 7.89. The van der Waals surface area contributed by atoms with E-state index in [1.807, 2.05) is 25.8 Å². The van der Waals surface area contributed by atoms with E-state index in [9.17, 15) is 13.2 Å². The van der Waals surface area contributed by atoms with Crippen LogP contribution in [0.25, 0.3) is 10.7 Å². The largest absolute Gasteiger partial charge is 0.340 e. The van der Waals surface area contributed by atoms with Crippen molar-refractivity contribution in [3.05, 3.63) is 16.8 Å². The van der Waals surface area contributed by atoms with Crippen LogP contribution >= 0.6 is 11.3 Å². The van der Waals surface area contributed by atoms with Crippen LogP contribution in [-0.4, -0.2) is 84.9 Å².